The second kappa shape index (κ2) is 6.38. The van der Waals surface area contributed by atoms with Gasteiger partial charge in [-0.1, -0.05) is 12.1 Å². The van der Waals surface area contributed by atoms with Crippen molar-refractivity contribution in [3.63, 3.8) is 0 Å². The highest BCUT2D eigenvalue weighted by Gasteiger charge is 2.14. The number of ether oxygens (including phenoxy) is 2. The van der Waals surface area contributed by atoms with Crippen LogP contribution in [0.2, 0.25) is 0 Å². The summed E-state index contributed by atoms with van der Waals surface area (Å²) in [4.78, 5) is 28.9. The molecule has 0 spiro atoms. The van der Waals surface area contributed by atoms with Gasteiger partial charge < -0.3 is 20.2 Å². The van der Waals surface area contributed by atoms with Crippen LogP contribution in [0.4, 0.5) is 0 Å². The summed E-state index contributed by atoms with van der Waals surface area (Å²) in [6, 6.07) is 7.10. The molecule has 0 bridgehead atoms. The molecule has 1 amide bonds. The van der Waals surface area contributed by atoms with Crippen LogP contribution in [0, 0.1) is 0 Å². The Labute approximate surface area is 120 Å². The predicted molar refractivity (Wildman–Crippen MR) is 74.8 cm³/mol. The van der Waals surface area contributed by atoms with E-state index in [1.54, 1.807) is 37.5 Å². The fourth-order valence-corrected chi connectivity index (χ4v) is 1.54. The van der Waals surface area contributed by atoms with Crippen molar-refractivity contribution in [2.45, 2.75) is 0 Å². The zero-order valence-electron chi connectivity index (χ0n) is 11.2. The number of nitrogens with zero attached hydrogens (tertiary/aromatic N) is 1. The van der Waals surface area contributed by atoms with Crippen LogP contribution in [0.1, 0.15) is 16.1 Å². The summed E-state index contributed by atoms with van der Waals surface area (Å²) in [7, 11) is 1.57. The summed E-state index contributed by atoms with van der Waals surface area (Å²) in [6.07, 6.45) is 4.01. The van der Waals surface area contributed by atoms with Gasteiger partial charge in [0.15, 0.2) is 5.69 Å². The average Bonchev–Trinajstić information content (AvgIpc) is 2.94. The molecule has 21 heavy (non-hydrogen) atoms. The Hall–Kier alpha value is -3.09. The highest BCUT2D eigenvalue weighted by molar-refractivity contribution is 5.95. The number of imidazole rings is 1. The molecule has 2 rings (SSSR count). The minimum absolute atomic E-state index is 0.0544. The molecule has 0 aliphatic heterocycles. The van der Waals surface area contributed by atoms with E-state index in [1.807, 2.05) is 0 Å². The van der Waals surface area contributed by atoms with E-state index in [2.05, 4.69) is 9.97 Å². The molecule has 7 heteroatoms. The molecule has 0 aliphatic rings. The second-order valence-electron chi connectivity index (χ2n) is 3.97. The Morgan fingerprint density at radius 2 is 2.00 bits per heavy atom. The smallest absolute Gasteiger partial charge is 0.337 e. The number of esters is 1. The van der Waals surface area contributed by atoms with Gasteiger partial charge in [-0.3, -0.25) is 4.79 Å². The van der Waals surface area contributed by atoms with E-state index in [0.29, 0.717) is 0 Å². The van der Waals surface area contributed by atoms with Gasteiger partial charge in [-0.2, -0.15) is 0 Å². The number of H-pyrrole nitrogens is 1. The highest BCUT2D eigenvalue weighted by atomic mass is 16.5. The Morgan fingerprint density at radius 1 is 1.29 bits per heavy atom. The Kier molecular flexibility index (Phi) is 4.35. The number of benzene rings is 1. The quantitative estimate of drug-likeness (QED) is 0.633. The molecule has 1 heterocycles. The van der Waals surface area contributed by atoms with Gasteiger partial charge in [0.1, 0.15) is 5.75 Å². The van der Waals surface area contributed by atoms with E-state index in [-0.39, 0.29) is 11.6 Å². The summed E-state index contributed by atoms with van der Waals surface area (Å²) in [5.74, 6) is -0.848. The number of nitrogens with two attached hydrogens (primary N) is 1. The maximum atomic E-state index is 11.6. The first-order valence-electron chi connectivity index (χ1n) is 5.97. The topological polar surface area (TPSA) is 107 Å². The standard InChI is InChI=1S/C14H13N3O4/c1-20-10-5-2-9(3-6-10)4-7-11(18)21-14-12(13(15)19)16-8-17-14/h2-8H,1H3,(H2,15,19)(H,16,17). The molecule has 1 aromatic carbocycles. The monoisotopic (exact) mass is 287 g/mol. The molecule has 2 aromatic rings. The van der Waals surface area contributed by atoms with Gasteiger partial charge >= 0.3 is 5.97 Å². The first kappa shape index (κ1) is 14.3. The summed E-state index contributed by atoms with van der Waals surface area (Å²) in [6.45, 7) is 0. The Balaban J connectivity index is 2.02. The van der Waals surface area contributed by atoms with Crippen LogP contribution >= 0.6 is 0 Å². The number of rotatable bonds is 5. The lowest BCUT2D eigenvalue weighted by molar-refractivity contribution is -0.129. The van der Waals surface area contributed by atoms with E-state index < -0.39 is 11.9 Å². The highest BCUT2D eigenvalue weighted by Crippen LogP contribution is 2.14. The van der Waals surface area contributed by atoms with Gasteiger partial charge in [0.2, 0.25) is 0 Å². The van der Waals surface area contributed by atoms with Crippen LogP contribution in [-0.2, 0) is 4.79 Å². The largest absolute Gasteiger partial charge is 0.497 e. The third-order valence-electron chi connectivity index (χ3n) is 2.58. The molecule has 1 aromatic heterocycles. The van der Waals surface area contributed by atoms with Gasteiger partial charge in [0.25, 0.3) is 11.8 Å². The van der Waals surface area contributed by atoms with Crippen molar-refractivity contribution in [3.8, 4) is 11.6 Å². The maximum Gasteiger partial charge on any atom is 0.337 e. The average molecular weight is 287 g/mol. The Bertz CT molecular complexity index is 674. The lowest BCUT2D eigenvalue weighted by Crippen LogP contribution is -2.14. The van der Waals surface area contributed by atoms with Crippen LogP contribution in [0.15, 0.2) is 36.7 Å². The number of hydrogen-bond donors (Lipinski definition) is 2. The summed E-state index contributed by atoms with van der Waals surface area (Å²) in [5.41, 5.74) is 5.84. The van der Waals surface area contributed by atoms with Crippen molar-refractivity contribution in [3.05, 3.63) is 47.9 Å². The molecule has 0 atom stereocenters. The number of nitrogens with one attached hydrogen (secondary N) is 1. The predicted octanol–water partition coefficient (Wildman–Crippen LogP) is 1.14. The van der Waals surface area contributed by atoms with Gasteiger partial charge in [-0.05, 0) is 23.8 Å². The molecule has 0 aliphatic carbocycles. The van der Waals surface area contributed by atoms with Crippen molar-refractivity contribution in [1.29, 1.82) is 0 Å². The SMILES string of the molecule is COc1ccc(C=CC(=O)Oc2nc[nH]c2C(N)=O)cc1. The summed E-state index contributed by atoms with van der Waals surface area (Å²) >= 11 is 0. The van der Waals surface area contributed by atoms with Gasteiger partial charge in [-0.15, -0.1) is 0 Å². The van der Waals surface area contributed by atoms with Gasteiger partial charge in [-0.25, -0.2) is 9.78 Å². The molecule has 108 valence electrons. The lowest BCUT2D eigenvalue weighted by atomic mass is 10.2. The van der Waals surface area contributed by atoms with Crippen LogP contribution < -0.4 is 15.2 Å². The van der Waals surface area contributed by atoms with Crippen LogP contribution in [-0.4, -0.2) is 29.0 Å². The van der Waals surface area contributed by atoms with Crippen LogP contribution in [0.3, 0.4) is 0 Å². The van der Waals surface area contributed by atoms with E-state index >= 15 is 0 Å². The molecule has 0 saturated carbocycles. The van der Waals surface area contributed by atoms with E-state index in [4.69, 9.17) is 15.2 Å². The number of aromatic amines is 1. The fraction of sp³-hybridized carbons (Fsp3) is 0.0714. The van der Waals surface area contributed by atoms with Crippen LogP contribution in [0.25, 0.3) is 6.08 Å². The first-order chi connectivity index (χ1) is 10.1. The first-order valence-corrected chi connectivity index (χ1v) is 5.97. The normalized spacial score (nSPS) is 10.5. The number of carbonyl (C=O) groups is 2. The van der Waals surface area contributed by atoms with Crippen LogP contribution in [0.5, 0.6) is 11.6 Å². The van der Waals surface area contributed by atoms with Crippen molar-refractivity contribution in [1.82, 2.24) is 9.97 Å². The lowest BCUT2D eigenvalue weighted by Gasteiger charge is -2.00. The molecular formula is C14H13N3O4. The molecular weight excluding hydrogens is 274 g/mol. The van der Waals surface area contributed by atoms with E-state index in [0.717, 1.165) is 11.3 Å². The summed E-state index contributed by atoms with van der Waals surface area (Å²) in [5, 5.41) is 0. The van der Waals surface area contributed by atoms with Gasteiger partial charge in [0, 0.05) is 6.08 Å². The Morgan fingerprint density at radius 3 is 2.62 bits per heavy atom. The number of carbonyl (C=O) groups excluding carboxylic acids is 2. The van der Waals surface area contributed by atoms with Crippen molar-refractivity contribution >= 4 is 18.0 Å². The summed E-state index contributed by atoms with van der Waals surface area (Å²) < 4.78 is 9.95. The van der Waals surface area contributed by atoms with E-state index in [1.165, 1.54) is 12.4 Å². The number of methoxy groups -OCH3 is 1. The van der Waals surface area contributed by atoms with Crippen molar-refractivity contribution < 1.29 is 19.1 Å². The molecule has 3 N–H and O–H groups in total. The fourth-order valence-electron chi connectivity index (χ4n) is 1.54. The van der Waals surface area contributed by atoms with E-state index in [9.17, 15) is 9.59 Å². The maximum absolute atomic E-state index is 11.6. The zero-order chi connectivity index (χ0) is 15.2. The van der Waals surface area contributed by atoms with Crippen molar-refractivity contribution in [2.75, 3.05) is 7.11 Å². The minimum atomic E-state index is -0.755. The van der Waals surface area contributed by atoms with Crippen molar-refractivity contribution in [2.24, 2.45) is 5.73 Å². The third kappa shape index (κ3) is 3.69. The molecule has 0 saturated heterocycles. The second-order valence-corrected chi connectivity index (χ2v) is 3.97. The number of hydrogen-bond acceptors (Lipinski definition) is 5. The molecule has 7 nitrogen and oxygen atoms in total. The molecule has 0 fully saturated rings. The minimum Gasteiger partial charge on any atom is -0.497 e. The molecule has 0 radical (unpaired) electrons. The number of amides is 1. The molecule has 0 unspecified atom stereocenters. The number of aromatic nitrogens is 2. The van der Waals surface area contributed by atoms with Gasteiger partial charge in [0.05, 0.1) is 13.4 Å². The zero-order valence-corrected chi connectivity index (χ0v) is 11.2. The number of primary amides is 1. The third-order valence-corrected chi connectivity index (χ3v) is 2.58.